The van der Waals surface area contributed by atoms with Gasteiger partial charge >= 0.3 is 0 Å². The van der Waals surface area contributed by atoms with Gasteiger partial charge in [-0.1, -0.05) is 48.5 Å². The Kier molecular flexibility index (Phi) is 3.56. The minimum Gasteiger partial charge on any atom is -0.483 e. The van der Waals surface area contributed by atoms with Gasteiger partial charge in [-0.2, -0.15) is 0 Å². The van der Waals surface area contributed by atoms with E-state index in [1.165, 1.54) is 0 Å². The molecule has 0 amide bonds. The lowest BCUT2D eigenvalue weighted by atomic mass is 10.0. The largest absolute Gasteiger partial charge is 0.483 e. The molecule has 3 nitrogen and oxygen atoms in total. The summed E-state index contributed by atoms with van der Waals surface area (Å²) in [6.07, 6.45) is 0. The number of carbonyl (C=O) groups is 1. The van der Waals surface area contributed by atoms with E-state index in [2.05, 4.69) is 0 Å². The quantitative estimate of drug-likeness (QED) is 0.584. The molecule has 0 aromatic heterocycles. The molecule has 21 heavy (non-hydrogen) atoms. The van der Waals surface area contributed by atoms with Crippen molar-refractivity contribution in [2.24, 2.45) is 0 Å². The standard InChI is InChI=1S/C18H15NO2/c19-16-7-3-4-8-18(16)21-12-17(20)15-10-9-13-5-1-2-6-14(13)11-15/h1-11H,12,19H2. The summed E-state index contributed by atoms with van der Waals surface area (Å²) in [5, 5.41) is 2.16. The summed E-state index contributed by atoms with van der Waals surface area (Å²) in [7, 11) is 0. The normalized spacial score (nSPS) is 10.5. The van der Waals surface area contributed by atoms with E-state index in [0.717, 1.165) is 10.8 Å². The third kappa shape index (κ3) is 2.87. The van der Waals surface area contributed by atoms with Crippen molar-refractivity contribution in [1.82, 2.24) is 0 Å². The maximum atomic E-state index is 12.2. The number of fused-ring (bicyclic) bond motifs is 1. The lowest BCUT2D eigenvalue weighted by Gasteiger charge is -2.08. The highest BCUT2D eigenvalue weighted by Crippen LogP contribution is 2.20. The van der Waals surface area contributed by atoms with Gasteiger partial charge in [-0.3, -0.25) is 4.79 Å². The maximum absolute atomic E-state index is 12.2. The van der Waals surface area contributed by atoms with Crippen molar-refractivity contribution >= 4 is 22.2 Å². The van der Waals surface area contributed by atoms with E-state index < -0.39 is 0 Å². The second kappa shape index (κ2) is 5.67. The first-order chi connectivity index (χ1) is 10.2. The Bertz CT molecular complexity index is 796. The van der Waals surface area contributed by atoms with E-state index in [9.17, 15) is 4.79 Å². The van der Waals surface area contributed by atoms with Crippen molar-refractivity contribution in [3.63, 3.8) is 0 Å². The topological polar surface area (TPSA) is 52.3 Å². The number of rotatable bonds is 4. The summed E-state index contributed by atoms with van der Waals surface area (Å²) in [6, 6.07) is 20.7. The molecule has 3 rings (SSSR count). The van der Waals surface area contributed by atoms with Crippen LogP contribution in [0.5, 0.6) is 5.75 Å². The van der Waals surface area contributed by atoms with E-state index in [1.54, 1.807) is 12.1 Å². The molecule has 3 aromatic rings. The molecule has 0 aliphatic carbocycles. The minimum atomic E-state index is -0.0657. The lowest BCUT2D eigenvalue weighted by Crippen LogP contribution is -2.12. The van der Waals surface area contributed by atoms with Crippen LogP contribution in [0.4, 0.5) is 5.69 Å². The van der Waals surface area contributed by atoms with Crippen LogP contribution in [0.2, 0.25) is 0 Å². The molecule has 0 aliphatic rings. The molecule has 0 atom stereocenters. The molecular weight excluding hydrogens is 262 g/mol. The molecule has 0 saturated heterocycles. The first-order valence-electron chi connectivity index (χ1n) is 6.73. The molecule has 0 heterocycles. The maximum Gasteiger partial charge on any atom is 0.200 e. The van der Waals surface area contributed by atoms with Crippen LogP contribution >= 0.6 is 0 Å². The van der Waals surface area contributed by atoms with Gasteiger partial charge in [-0.25, -0.2) is 0 Å². The zero-order valence-corrected chi connectivity index (χ0v) is 11.5. The van der Waals surface area contributed by atoms with Crippen molar-refractivity contribution in [1.29, 1.82) is 0 Å². The molecule has 3 heteroatoms. The molecule has 2 N–H and O–H groups in total. The van der Waals surface area contributed by atoms with Crippen molar-refractivity contribution in [3.8, 4) is 5.75 Å². The predicted molar refractivity (Wildman–Crippen MR) is 84.6 cm³/mol. The number of hydrogen-bond acceptors (Lipinski definition) is 3. The molecule has 3 aromatic carbocycles. The number of para-hydroxylation sites is 2. The van der Waals surface area contributed by atoms with Crippen molar-refractivity contribution < 1.29 is 9.53 Å². The second-order valence-corrected chi connectivity index (χ2v) is 4.81. The number of nitrogen functional groups attached to an aromatic ring is 1. The summed E-state index contributed by atoms with van der Waals surface area (Å²) in [6.45, 7) is -0.0213. The van der Waals surface area contributed by atoms with Gasteiger partial charge in [0.25, 0.3) is 0 Å². The van der Waals surface area contributed by atoms with E-state index in [0.29, 0.717) is 17.0 Å². The Hall–Kier alpha value is -2.81. The molecule has 104 valence electrons. The number of benzene rings is 3. The Balaban J connectivity index is 1.76. The fourth-order valence-electron chi connectivity index (χ4n) is 2.20. The highest BCUT2D eigenvalue weighted by Gasteiger charge is 2.08. The smallest absolute Gasteiger partial charge is 0.200 e. The fourth-order valence-corrected chi connectivity index (χ4v) is 2.20. The van der Waals surface area contributed by atoms with Gasteiger partial charge in [0.15, 0.2) is 12.4 Å². The molecule has 0 aliphatic heterocycles. The van der Waals surface area contributed by atoms with Crippen LogP contribution < -0.4 is 10.5 Å². The monoisotopic (exact) mass is 277 g/mol. The van der Waals surface area contributed by atoms with Crippen LogP contribution in [0.25, 0.3) is 10.8 Å². The van der Waals surface area contributed by atoms with Crippen LogP contribution in [-0.2, 0) is 0 Å². The van der Waals surface area contributed by atoms with Gasteiger partial charge < -0.3 is 10.5 Å². The first-order valence-corrected chi connectivity index (χ1v) is 6.73. The average molecular weight is 277 g/mol. The van der Waals surface area contributed by atoms with E-state index in [4.69, 9.17) is 10.5 Å². The summed E-state index contributed by atoms with van der Waals surface area (Å²) in [5.74, 6) is 0.468. The van der Waals surface area contributed by atoms with Gasteiger partial charge in [-0.05, 0) is 29.0 Å². The highest BCUT2D eigenvalue weighted by molar-refractivity contribution is 6.00. The number of Topliss-reactive ketones (excluding diaryl/α,β-unsaturated/α-hetero) is 1. The number of hydrogen-bond donors (Lipinski definition) is 1. The van der Waals surface area contributed by atoms with Crippen molar-refractivity contribution in [2.45, 2.75) is 0 Å². The number of anilines is 1. The number of nitrogens with two attached hydrogens (primary N) is 1. The van der Waals surface area contributed by atoms with Crippen LogP contribution in [0.15, 0.2) is 66.7 Å². The Morgan fingerprint density at radius 2 is 1.62 bits per heavy atom. The summed E-state index contributed by atoms with van der Waals surface area (Å²) < 4.78 is 5.49. The zero-order valence-electron chi connectivity index (χ0n) is 11.5. The van der Waals surface area contributed by atoms with Gasteiger partial charge in [0.05, 0.1) is 5.69 Å². The molecule has 0 radical (unpaired) electrons. The second-order valence-electron chi connectivity index (χ2n) is 4.81. The Morgan fingerprint density at radius 1 is 0.905 bits per heavy atom. The molecule has 0 spiro atoms. The number of carbonyl (C=O) groups excluding carboxylic acids is 1. The lowest BCUT2D eigenvalue weighted by molar-refractivity contribution is 0.0922. The Morgan fingerprint density at radius 3 is 2.43 bits per heavy atom. The number of ether oxygens (including phenoxy) is 1. The van der Waals surface area contributed by atoms with E-state index in [-0.39, 0.29) is 12.4 Å². The zero-order chi connectivity index (χ0) is 14.7. The third-order valence-corrected chi connectivity index (χ3v) is 3.35. The summed E-state index contributed by atoms with van der Waals surface area (Å²) >= 11 is 0. The fraction of sp³-hybridized carbons (Fsp3) is 0.0556. The van der Waals surface area contributed by atoms with Gasteiger partial charge in [0.2, 0.25) is 0 Å². The van der Waals surface area contributed by atoms with Crippen LogP contribution in [0, 0.1) is 0 Å². The highest BCUT2D eigenvalue weighted by atomic mass is 16.5. The number of ketones is 1. The molecular formula is C18H15NO2. The van der Waals surface area contributed by atoms with Crippen molar-refractivity contribution in [2.75, 3.05) is 12.3 Å². The third-order valence-electron chi connectivity index (χ3n) is 3.35. The van der Waals surface area contributed by atoms with Gasteiger partial charge in [0.1, 0.15) is 5.75 Å². The van der Waals surface area contributed by atoms with Crippen LogP contribution in [-0.4, -0.2) is 12.4 Å². The molecule has 0 saturated carbocycles. The molecule has 0 bridgehead atoms. The predicted octanol–water partition coefficient (Wildman–Crippen LogP) is 3.68. The average Bonchev–Trinajstić information content (AvgIpc) is 2.53. The first kappa shape index (κ1) is 13.2. The SMILES string of the molecule is Nc1ccccc1OCC(=O)c1ccc2ccccc2c1. The Labute approximate surface area is 123 Å². The summed E-state index contributed by atoms with van der Waals surface area (Å²) in [5.41, 5.74) is 6.96. The minimum absolute atomic E-state index is 0.0213. The van der Waals surface area contributed by atoms with Crippen LogP contribution in [0.3, 0.4) is 0 Å². The van der Waals surface area contributed by atoms with Crippen molar-refractivity contribution in [3.05, 3.63) is 72.3 Å². The van der Waals surface area contributed by atoms with Gasteiger partial charge in [0, 0.05) is 5.56 Å². The van der Waals surface area contributed by atoms with Gasteiger partial charge in [-0.15, -0.1) is 0 Å². The molecule has 0 unspecified atom stereocenters. The summed E-state index contributed by atoms with van der Waals surface area (Å²) in [4.78, 5) is 12.2. The van der Waals surface area contributed by atoms with E-state index in [1.807, 2.05) is 54.6 Å². The van der Waals surface area contributed by atoms with E-state index >= 15 is 0 Å². The molecule has 0 fully saturated rings. The van der Waals surface area contributed by atoms with Crippen LogP contribution in [0.1, 0.15) is 10.4 Å².